The molecule has 0 fully saturated rings. The van der Waals surface area contributed by atoms with Crippen LogP contribution in [-0.2, 0) is 4.79 Å². The van der Waals surface area contributed by atoms with E-state index in [1.807, 2.05) is 33.8 Å². The Morgan fingerprint density at radius 2 is 1.53 bits per heavy atom. The fraction of sp³-hybridized carbons (Fsp3) is 0.273. The number of hydrogen-bond acceptors (Lipinski definition) is 5. The Morgan fingerprint density at radius 1 is 0.933 bits per heavy atom. The van der Waals surface area contributed by atoms with Crippen LogP contribution >= 0.6 is 0 Å². The summed E-state index contributed by atoms with van der Waals surface area (Å²) in [6.45, 7) is 8.63. The van der Waals surface area contributed by atoms with Crippen molar-refractivity contribution in [3.8, 4) is 23.0 Å². The van der Waals surface area contributed by atoms with Crippen molar-refractivity contribution in [1.29, 1.82) is 0 Å². The van der Waals surface area contributed by atoms with E-state index in [4.69, 9.17) is 9.47 Å². The van der Waals surface area contributed by atoms with Gasteiger partial charge in [-0.25, -0.2) is 0 Å². The maximum atomic E-state index is 12.3. The second-order valence-corrected chi connectivity index (χ2v) is 6.91. The number of nitrogens with zero attached hydrogens (tertiary/aromatic N) is 1. The summed E-state index contributed by atoms with van der Waals surface area (Å²) >= 11 is 0. The van der Waals surface area contributed by atoms with E-state index < -0.39 is 12.3 Å². The Bertz CT molecular complexity index is 1120. The third-order valence-electron chi connectivity index (χ3n) is 4.60. The third kappa shape index (κ3) is 4.48. The van der Waals surface area contributed by atoms with Crippen molar-refractivity contribution in [3.05, 3.63) is 52.7 Å². The van der Waals surface area contributed by atoms with Crippen molar-refractivity contribution < 1.29 is 32.2 Å². The first-order valence-corrected chi connectivity index (χ1v) is 9.09. The molecule has 0 saturated heterocycles. The SMILES string of the molecule is CC(=O)Oc1c(C)c(C)nc2cc(C)c(Oc3ccc(OC(F)(F)F)cc3)c(C)c12. The zero-order chi connectivity index (χ0) is 22.2. The molecule has 0 aliphatic rings. The summed E-state index contributed by atoms with van der Waals surface area (Å²) in [5, 5.41) is 0.644. The first-order valence-electron chi connectivity index (χ1n) is 9.09. The minimum Gasteiger partial charge on any atom is -0.457 e. The summed E-state index contributed by atoms with van der Waals surface area (Å²) < 4.78 is 52.3. The van der Waals surface area contributed by atoms with Gasteiger partial charge in [-0.2, -0.15) is 0 Å². The summed E-state index contributed by atoms with van der Waals surface area (Å²) in [6.07, 6.45) is -4.76. The molecule has 30 heavy (non-hydrogen) atoms. The van der Waals surface area contributed by atoms with Gasteiger partial charge in [-0.05, 0) is 63.6 Å². The number of aryl methyl sites for hydroxylation is 3. The van der Waals surface area contributed by atoms with Crippen LogP contribution in [0.25, 0.3) is 10.9 Å². The zero-order valence-electron chi connectivity index (χ0n) is 17.1. The van der Waals surface area contributed by atoms with Gasteiger partial charge in [-0.1, -0.05) is 0 Å². The molecule has 3 rings (SSSR count). The van der Waals surface area contributed by atoms with E-state index >= 15 is 0 Å². The van der Waals surface area contributed by atoms with Crippen molar-refractivity contribution in [2.75, 3.05) is 0 Å². The van der Waals surface area contributed by atoms with Gasteiger partial charge in [0.2, 0.25) is 0 Å². The quantitative estimate of drug-likeness (QED) is 0.480. The lowest BCUT2D eigenvalue weighted by Gasteiger charge is -2.18. The number of benzene rings is 2. The number of pyridine rings is 1. The maximum Gasteiger partial charge on any atom is 0.573 e. The van der Waals surface area contributed by atoms with Gasteiger partial charge in [0, 0.05) is 29.1 Å². The molecule has 158 valence electrons. The molecular weight excluding hydrogens is 399 g/mol. The maximum absolute atomic E-state index is 12.3. The predicted molar refractivity (Wildman–Crippen MR) is 105 cm³/mol. The summed E-state index contributed by atoms with van der Waals surface area (Å²) in [4.78, 5) is 16.2. The highest BCUT2D eigenvalue weighted by molar-refractivity contribution is 5.94. The lowest BCUT2D eigenvalue weighted by Crippen LogP contribution is -2.16. The van der Waals surface area contributed by atoms with E-state index in [9.17, 15) is 18.0 Å². The Balaban J connectivity index is 2.06. The monoisotopic (exact) mass is 419 g/mol. The molecule has 0 N–H and O–H groups in total. The molecule has 0 amide bonds. The molecule has 0 bridgehead atoms. The highest BCUT2D eigenvalue weighted by atomic mass is 19.4. The Labute approximate surface area is 171 Å². The van der Waals surface area contributed by atoms with Gasteiger partial charge in [0.25, 0.3) is 0 Å². The molecule has 0 atom stereocenters. The van der Waals surface area contributed by atoms with Gasteiger partial charge >= 0.3 is 12.3 Å². The standard InChI is InChI=1S/C22H20F3NO4/c1-11-10-18-19(21(28-15(5)27)12(2)14(4)26-18)13(3)20(11)29-16-6-8-17(9-7-16)30-22(23,24)25/h6-10H,1-5H3. The average Bonchev–Trinajstić information content (AvgIpc) is 2.62. The molecule has 8 heteroatoms. The molecule has 0 radical (unpaired) electrons. The summed E-state index contributed by atoms with van der Waals surface area (Å²) in [5.74, 6) is 0.467. The van der Waals surface area contributed by atoms with E-state index in [-0.39, 0.29) is 5.75 Å². The normalized spacial score (nSPS) is 11.5. The number of ether oxygens (including phenoxy) is 3. The number of fused-ring (bicyclic) bond motifs is 1. The van der Waals surface area contributed by atoms with E-state index in [0.717, 1.165) is 16.8 Å². The number of alkyl halides is 3. The van der Waals surface area contributed by atoms with E-state index in [0.29, 0.717) is 33.7 Å². The number of carbonyl (C=O) groups is 1. The van der Waals surface area contributed by atoms with Crippen LogP contribution in [0, 0.1) is 27.7 Å². The lowest BCUT2D eigenvalue weighted by atomic mass is 10.0. The average molecular weight is 419 g/mol. The van der Waals surface area contributed by atoms with Gasteiger partial charge in [-0.15, -0.1) is 13.2 Å². The summed E-state index contributed by atoms with van der Waals surface area (Å²) in [6, 6.07) is 6.94. The number of rotatable bonds is 4. The number of hydrogen-bond donors (Lipinski definition) is 0. The fourth-order valence-corrected chi connectivity index (χ4v) is 3.19. The largest absolute Gasteiger partial charge is 0.573 e. The molecular formula is C22H20F3NO4. The second-order valence-electron chi connectivity index (χ2n) is 6.91. The van der Waals surface area contributed by atoms with E-state index in [1.165, 1.54) is 31.2 Å². The van der Waals surface area contributed by atoms with Crippen LogP contribution in [0.5, 0.6) is 23.0 Å². The molecule has 1 heterocycles. The van der Waals surface area contributed by atoms with Gasteiger partial charge < -0.3 is 14.2 Å². The molecule has 5 nitrogen and oxygen atoms in total. The smallest absolute Gasteiger partial charge is 0.457 e. The molecule has 3 aromatic rings. The van der Waals surface area contributed by atoms with Gasteiger partial charge in [0.1, 0.15) is 23.0 Å². The molecule has 0 aliphatic heterocycles. The number of carbonyl (C=O) groups excluding carboxylic acids is 1. The summed E-state index contributed by atoms with van der Waals surface area (Å²) in [7, 11) is 0. The van der Waals surface area contributed by atoms with E-state index in [2.05, 4.69) is 9.72 Å². The number of halogens is 3. The summed E-state index contributed by atoms with van der Waals surface area (Å²) in [5.41, 5.74) is 3.62. The van der Waals surface area contributed by atoms with Crippen LogP contribution in [0.3, 0.4) is 0 Å². The van der Waals surface area contributed by atoms with Crippen molar-refractivity contribution in [1.82, 2.24) is 4.98 Å². The number of aromatic nitrogens is 1. The first kappa shape index (κ1) is 21.4. The van der Waals surface area contributed by atoms with Gasteiger partial charge in [-0.3, -0.25) is 9.78 Å². The number of esters is 1. The zero-order valence-corrected chi connectivity index (χ0v) is 17.1. The minimum absolute atomic E-state index is 0.334. The van der Waals surface area contributed by atoms with Crippen LogP contribution in [0.4, 0.5) is 13.2 Å². The van der Waals surface area contributed by atoms with Crippen LogP contribution in [0.1, 0.15) is 29.3 Å². The van der Waals surface area contributed by atoms with Crippen molar-refractivity contribution in [2.24, 2.45) is 0 Å². The fourth-order valence-electron chi connectivity index (χ4n) is 3.19. The van der Waals surface area contributed by atoms with Crippen molar-refractivity contribution >= 4 is 16.9 Å². The van der Waals surface area contributed by atoms with Gasteiger partial charge in [0.15, 0.2) is 0 Å². The van der Waals surface area contributed by atoms with Crippen molar-refractivity contribution in [2.45, 2.75) is 41.0 Å². The highest BCUT2D eigenvalue weighted by Crippen LogP contribution is 2.40. The lowest BCUT2D eigenvalue weighted by molar-refractivity contribution is -0.274. The molecule has 1 aromatic heterocycles. The Kier molecular flexibility index (Phi) is 5.61. The first-order chi connectivity index (χ1) is 14.0. The van der Waals surface area contributed by atoms with Crippen LogP contribution < -0.4 is 14.2 Å². The van der Waals surface area contributed by atoms with Crippen LogP contribution in [-0.4, -0.2) is 17.3 Å². The van der Waals surface area contributed by atoms with Crippen molar-refractivity contribution in [3.63, 3.8) is 0 Å². The second kappa shape index (κ2) is 7.85. The Hall–Kier alpha value is -3.29. The molecule has 2 aromatic carbocycles. The third-order valence-corrected chi connectivity index (χ3v) is 4.60. The minimum atomic E-state index is -4.76. The Morgan fingerprint density at radius 3 is 2.10 bits per heavy atom. The van der Waals surface area contributed by atoms with E-state index in [1.54, 1.807) is 0 Å². The predicted octanol–water partition coefficient (Wildman–Crippen LogP) is 6.08. The highest BCUT2D eigenvalue weighted by Gasteiger charge is 2.31. The molecule has 0 spiro atoms. The van der Waals surface area contributed by atoms with Crippen LogP contribution in [0.15, 0.2) is 30.3 Å². The van der Waals surface area contributed by atoms with Crippen LogP contribution in [0.2, 0.25) is 0 Å². The molecule has 0 unspecified atom stereocenters. The molecule has 0 aliphatic carbocycles. The topological polar surface area (TPSA) is 57.7 Å². The van der Waals surface area contributed by atoms with Gasteiger partial charge in [0.05, 0.1) is 5.52 Å². The molecule has 0 saturated carbocycles.